The van der Waals surface area contributed by atoms with Crippen LogP contribution in [0.3, 0.4) is 0 Å². The Labute approximate surface area is 79.1 Å². The van der Waals surface area contributed by atoms with Gasteiger partial charge in [-0.3, -0.25) is 5.32 Å². The lowest BCUT2D eigenvalue weighted by atomic mass is 10.4. The number of aliphatic hydroxyl groups is 1. The highest BCUT2D eigenvalue weighted by Gasteiger charge is 2.03. The van der Waals surface area contributed by atoms with Crippen LogP contribution < -0.4 is 10.6 Å². The number of nitrogens with zero attached hydrogens (tertiary/aromatic N) is 2. The molecule has 7 heteroatoms. The lowest BCUT2D eigenvalue weighted by Crippen LogP contribution is -2.33. The standard InChI is InChI=1S/C6H10N4O2S/c1-4(11)2-7-6(12)9-5-3-8-10-13-5/h3-4,11H,2H2,1H3,(H2,7,9,12). The van der Waals surface area contributed by atoms with Crippen LogP contribution in [0.5, 0.6) is 0 Å². The van der Waals surface area contributed by atoms with E-state index in [2.05, 4.69) is 20.2 Å². The second-order valence-electron chi connectivity index (χ2n) is 2.47. The summed E-state index contributed by atoms with van der Waals surface area (Å²) in [4.78, 5) is 11.0. The van der Waals surface area contributed by atoms with Crippen molar-refractivity contribution in [1.82, 2.24) is 14.9 Å². The summed E-state index contributed by atoms with van der Waals surface area (Å²) in [6.45, 7) is 1.81. The normalized spacial score (nSPS) is 12.2. The summed E-state index contributed by atoms with van der Waals surface area (Å²) in [5, 5.41) is 18.0. The van der Waals surface area contributed by atoms with Crippen LogP contribution in [-0.4, -0.2) is 33.4 Å². The molecule has 1 unspecified atom stereocenters. The van der Waals surface area contributed by atoms with Gasteiger partial charge in [0.2, 0.25) is 0 Å². The summed E-state index contributed by atoms with van der Waals surface area (Å²) < 4.78 is 3.57. The van der Waals surface area contributed by atoms with Gasteiger partial charge in [0, 0.05) is 18.1 Å². The van der Waals surface area contributed by atoms with Gasteiger partial charge in [-0.05, 0) is 6.92 Å². The summed E-state index contributed by atoms with van der Waals surface area (Å²) in [6.07, 6.45) is 0.900. The third-order valence-corrected chi connectivity index (χ3v) is 1.74. The molecule has 0 spiro atoms. The molecule has 0 saturated heterocycles. The van der Waals surface area contributed by atoms with E-state index in [1.165, 1.54) is 6.20 Å². The molecule has 0 saturated carbocycles. The van der Waals surface area contributed by atoms with E-state index in [-0.39, 0.29) is 12.6 Å². The van der Waals surface area contributed by atoms with Crippen molar-refractivity contribution in [2.24, 2.45) is 0 Å². The second-order valence-corrected chi connectivity index (χ2v) is 3.25. The summed E-state index contributed by atoms with van der Waals surface area (Å²) in [5.41, 5.74) is 0. The average molecular weight is 202 g/mol. The number of hydrogen-bond donors (Lipinski definition) is 3. The Balaban J connectivity index is 2.26. The number of rotatable bonds is 3. The van der Waals surface area contributed by atoms with Crippen LogP contribution in [-0.2, 0) is 0 Å². The van der Waals surface area contributed by atoms with Crippen LogP contribution in [0.1, 0.15) is 6.92 Å². The van der Waals surface area contributed by atoms with Gasteiger partial charge in [-0.2, -0.15) is 0 Å². The predicted octanol–water partition coefficient (Wildman–Crippen LogP) is 0.0404. The van der Waals surface area contributed by atoms with Gasteiger partial charge in [0.15, 0.2) is 0 Å². The molecule has 0 aliphatic rings. The number of hydrogen-bond acceptors (Lipinski definition) is 5. The van der Waals surface area contributed by atoms with Crippen molar-refractivity contribution >= 4 is 22.6 Å². The number of urea groups is 1. The van der Waals surface area contributed by atoms with Crippen molar-refractivity contribution < 1.29 is 9.90 Å². The SMILES string of the molecule is CC(O)CNC(=O)Nc1cnns1. The van der Waals surface area contributed by atoms with Gasteiger partial charge >= 0.3 is 6.03 Å². The molecule has 0 bridgehead atoms. The number of amides is 2. The third-order valence-electron chi connectivity index (χ3n) is 1.16. The number of aliphatic hydroxyl groups excluding tert-OH is 1. The first-order valence-electron chi connectivity index (χ1n) is 3.69. The molecule has 0 radical (unpaired) electrons. The van der Waals surface area contributed by atoms with Gasteiger partial charge in [-0.25, -0.2) is 4.79 Å². The van der Waals surface area contributed by atoms with Crippen LogP contribution in [0.15, 0.2) is 6.20 Å². The topological polar surface area (TPSA) is 87.1 Å². The minimum absolute atomic E-state index is 0.220. The maximum atomic E-state index is 11.0. The highest BCUT2D eigenvalue weighted by atomic mass is 32.1. The monoisotopic (exact) mass is 202 g/mol. The lowest BCUT2D eigenvalue weighted by molar-refractivity contribution is 0.190. The zero-order valence-electron chi connectivity index (χ0n) is 7.02. The van der Waals surface area contributed by atoms with Crippen LogP contribution in [0.2, 0.25) is 0 Å². The van der Waals surface area contributed by atoms with E-state index in [1.807, 2.05) is 0 Å². The predicted molar refractivity (Wildman–Crippen MR) is 48.6 cm³/mol. The van der Waals surface area contributed by atoms with E-state index < -0.39 is 6.10 Å². The quantitative estimate of drug-likeness (QED) is 0.646. The smallest absolute Gasteiger partial charge is 0.320 e. The fourth-order valence-corrected chi connectivity index (χ4v) is 1.03. The molecule has 1 heterocycles. The number of aromatic nitrogens is 2. The third kappa shape index (κ3) is 3.81. The molecular formula is C6H10N4O2S. The van der Waals surface area contributed by atoms with Crippen molar-refractivity contribution in [1.29, 1.82) is 0 Å². The van der Waals surface area contributed by atoms with Gasteiger partial charge in [0.25, 0.3) is 0 Å². The molecule has 1 aromatic rings. The number of carbonyl (C=O) groups excluding carboxylic acids is 1. The maximum absolute atomic E-state index is 11.0. The number of anilines is 1. The Morgan fingerprint density at radius 2 is 2.62 bits per heavy atom. The highest BCUT2D eigenvalue weighted by molar-refractivity contribution is 7.10. The van der Waals surface area contributed by atoms with E-state index in [0.29, 0.717) is 5.00 Å². The molecule has 6 nitrogen and oxygen atoms in total. The van der Waals surface area contributed by atoms with E-state index in [1.54, 1.807) is 6.92 Å². The largest absolute Gasteiger partial charge is 0.392 e. The Hall–Kier alpha value is -1.21. The molecule has 1 atom stereocenters. The van der Waals surface area contributed by atoms with Crippen molar-refractivity contribution in [2.75, 3.05) is 11.9 Å². The van der Waals surface area contributed by atoms with Crippen LogP contribution in [0.25, 0.3) is 0 Å². The van der Waals surface area contributed by atoms with Crippen molar-refractivity contribution in [3.63, 3.8) is 0 Å². The van der Waals surface area contributed by atoms with Crippen LogP contribution in [0, 0.1) is 0 Å². The zero-order chi connectivity index (χ0) is 9.68. The first-order chi connectivity index (χ1) is 6.18. The molecule has 0 aromatic carbocycles. The summed E-state index contributed by atoms with van der Waals surface area (Å²) in [5.74, 6) is 0. The Bertz CT molecular complexity index is 262. The minimum atomic E-state index is -0.551. The average Bonchev–Trinajstić information content (AvgIpc) is 2.53. The molecule has 72 valence electrons. The molecule has 13 heavy (non-hydrogen) atoms. The van der Waals surface area contributed by atoms with Gasteiger partial charge in [-0.1, -0.05) is 4.49 Å². The fourth-order valence-electron chi connectivity index (χ4n) is 0.619. The molecule has 0 aliphatic heterocycles. The molecular weight excluding hydrogens is 192 g/mol. The fraction of sp³-hybridized carbons (Fsp3) is 0.500. The summed E-state index contributed by atoms with van der Waals surface area (Å²) >= 11 is 1.09. The van der Waals surface area contributed by atoms with E-state index in [9.17, 15) is 4.79 Å². The Kier molecular flexibility index (Phi) is 3.59. The first-order valence-corrected chi connectivity index (χ1v) is 4.46. The van der Waals surface area contributed by atoms with Gasteiger partial charge in [0.1, 0.15) is 5.00 Å². The maximum Gasteiger partial charge on any atom is 0.320 e. The molecule has 1 aromatic heterocycles. The molecule has 0 aliphatic carbocycles. The lowest BCUT2D eigenvalue weighted by Gasteiger charge is -2.06. The van der Waals surface area contributed by atoms with Crippen LogP contribution >= 0.6 is 11.5 Å². The number of carbonyl (C=O) groups is 1. The Morgan fingerprint density at radius 3 is 3.15 bits per heavy atom. The summed E-state index contributed by atoms with van der Waals surface area (Å²) in [6, 6.07) is -0.369. The molecule has 3 N–H and O–H groups in total. The first kappa shape index (κ1) is 9.87. The van der Waals surface area contributed by atoms with E-state index in [0.717, 1.165) is 11.5 Å². The van der Waals surface area contributed by atoms with Crippen molar-refractivity contribution in [2.45, 2.75) is 13.0 Å². The molecule has 0 fully saturated rings. The highest BCUT2D eigenvalue weighted by Crippen LogP contribution is 2.07. The van der Waals surface area contributed by atoms with Crippen molar-refractivity contribution in [3.05, 3.63) is 6.20 Å². The number of nitrogens with one attached hydrogen (secondary N) is 2. The minimum Gasteiger partial charge on any atom is -0.392 e. The second kappa shape index (κ2) is 4.73. The van der Waals surface area contributed by atoms with Crippen LogP contribution in [0.4, 0.5) is 9.80 Å². The van der Waals surface area contributed by atoms with E-state index in [4.69, 9.17) is 5.11 Å². The van der Waals surface area contributed by atoms with Gasteiger partial charge in [0.05, 0.1) is 12.3 Å². The molecule has 1 rings (SSSR count). The van der Waals surface area contributed by atoms with Crippen molar-refractivity contribution in [3.8, 4) is 0 Å². The summed E-state index contributed by atoms with van der Waals surface area (Å²) in [7, 11) is 0. The van der Waals surface area contributed by atoms with E-state index >= 15 is 0 Å². The zero-order valence-corrected chi connectivity index (χ0v) is 7.84. The Morgan fingerprint density at radius 1 is 1.85 bits per heavy atom. The van der Waals surface area contributed by atoms with Gasteiger partial charge < -0.3 is 10.4 Å². The molecule has 2 amide bonds. The van der Waals surface area contributed by atoms with Gasteiger partial charge in [-0.15, -0.1) is 5.10 Å².